The van der Waals surface area contributed by atoms with E-state index in [9.17, 15) is 18.0 Å². The molecule has 0 saturated carbocycles. The smallest absolute Gasteiger partial charge is 0.339 e. The van der Waals surface area contributed by atoms with Gasteiger partial charge in [0.1, 0.15) is 4.90 Å². The Labute approximate surface area is 222 Å². The maximum Gasteiger partial charge on any atom is 0.339 e. The zero-order valence-corrected chi connectivity index (χ0v) is 22.6. The SMILES string of the molecule is O=C1S/C(=C\c2ccc(OS(=O)(=O)c3ccc(Cl)cc3)c(Br)c2)C(=O)N1Cc1ccc(Br)cc1. The van der Waals surface area contributed by atoms with E-state index in [4.69, 9.17) is 15.8 Å². The van der Waals surface area contributed by atoms with Gasteiger partial charge in [-0.15, -0.1) is 0 Å². The summed E-state index contributed by atoms with van der Waals surface area (Å²) in [4.78, 5) is 26.6. The molecule has 0 bridgehead atoms. The fraction of sp³-hybridized carbons (Fsp3) is 0.0435. The number of nitrogens with zero attached hydrogens (tertiary/aromatic N) is 1. The third-order valence-electron chi connectivity index (χ3n) is 4.68. The Morgan fingerprint density at radius 1 is 0.971 bits per heavy atom. The Morgan fingerprint density at radius 2 is 1.65 bits per heavy atom. The Bertz CT molecular complexity index is 1410. The van der Waals surface area contributed by atoms with Gasteiger partial charge in [0, 0.05) is 9.50 Å². The van der Waals surface area contributed by atoms with E-state index in [0.717, 1.165) is 21.8 Å². The lowest BCUT2D eigenvalue weighted by Gasteiger charge is -2.12. The summed E-state index contributed by atoms with van der Waals surface area (Å²) in [6.07, 6.45) is 1.58. The number of amides is 2. The highest BCUT2D eigenvalue weighted by Gasteiger charge is 2.35. The van der Waals surface area contributed by atoms with Gasteiger partial charge in [0.2, 0.25) is 0 Å². The number of hydrogen-bond donors (Lipinski definition) is 0. The normalized spacial score (nSPS) is 15.3. The van der Waals surface area contributed by atoms with Crippen LogP contribution in [0.5, 0.6) is 5.75 Å². The molecule has 2 amide bonds. The molecule has 3 aromatic carbocycles. The van der Waals surface area contributed by atoms with E-state index in [0.29, 0.717) is 15.1 Å². The van der Waals surface area contributed by atoms with E-state index in [1.165, 1.54) is 35.2 Å². The highest BCUT2D eigenvalue weighted by atomic mass is 79.9. The third kappa shape index (κ3) is 5.75. The van der Waals surface area contributed by atoms with E-state index < -0.39 is 10.1 Å². The van der Waals surface area contributed by atoms with Gasteiger partial charge in [-0.05, 0) is 93.4 Å². The summed E-state index contributed by atoms with van der Waals surface area (Å²) >= 11 is 13.3. The van der Waals surface area contributed by atoms with Crippen LogP contribution in [0.3, 0.4) is 0 Å². The van der Waals surface area contributed by atoms with Crippen molar-refractivity contribution in [2.24, 2.45) is 0 Å². The van der Waals surface area contributed by atoms with E-state index in [1.54, 1.807) is 18.2 Å². The number of thioether (sulfide) groups is 1. The van der Waals surface area contributed by atoms with E-state index in [-0.39, 0.29) is 33.2 Å². The molecule has 1 aliphatic heterocycles. The Hall–Kier alpha value is -2.11. The molecule has 1 heterocycles. The summed E-state index contributed by atoms with van der Waals surface area (Å²) in [6.45, 7) is 0.175. The number of hydrogen-bond acceptors (Lipinski definition) is 6. The lowest BCUT2D eigenvalue weighted by Crippen LogP contribution is -2.27. The van der Waals surface area contributed by atoms with Crippen LogP contribution in [0.25, 0.3) is 6.08 Å². The summed E-state index contributed by atoms with van der Waals surface area (Å²) in [5.74, 6) is -0.310. The average Bonchev–Trinajstić information content (AvgIpc) is 3.04. The number of carbonyl (C=O) groups excluding carboxylic acids is 2. The molecular formula is C23H14Br2ClNO5S2. The minimum atomic E-state index is -4.06. The Kier molecular flexibility index (Phi) is 7.54. The second-order valence-electron chi connectivity index (χ2n) is 7.08. The van der Waals surface area contributed by atoms with Crippen molar-refractivity contribution in [2.75, 3.05) is 0 Å². The molecule has 174 valence electrons. The molecule has 0 spiro atoms. The largest absolute Gasteiger partial charge is 0.378 e. The second kappa shape index (κ2) is 10.2. The first-order valence-electron chi connectivity index (χ1n) is 9.62. The lowest BCUT2D eigenvalue weighted by atomic mass is 10.2. The van der Waals surface area contributed by atoms with Crippen LogP contribution in [-0.4, -0.2) is 24.5 Å². The second-order valence-corrected chi connectivity index (χ2v) is 11.8. The van der Waals surface area contributed by atoms with E-state index in [1.807, 2.05) is 24.3 Å². The predicted octanol–water partition coefficient (Wildman–Crippen LogP) is 6.87. The molecule has 0 atom stereocenters. The predicted molar refractivity (Wildman–Crippen MR) is 139 cm³/mol. The summed E-state index contributed by atoms with van der Waals surface area (Å²) in [7, 11) is -4.06. The molecule has 11 heteroatoms. The van der Waals surface area contributed by atoms with E-state index in [2.05, 4.69) is 31.9 Å². The molecule has 1 fully saturated rings. The lowest BCUT2D eigenvalue weighted by molar-refractivity contribution is -0.123. The Balaban J connectivity index is 1.51. The van der Waals surface area contributed by atoms with Crippen LogP contribution in [0.15, 0.2) is 85.5 Å². The molecule has 0 radical (unpaired) electrons. The van der Waals surface area contributed by atoms with Crippen molar-refractivity contribution in [3.63, 3.8) is 0 Å². The first kappa shape index (κ1) is 25.0. The Morgan fingerprint density at radius 3 is 2.29 bits per heavy atom. The van der Waals surface area contributed by atoms with Gasteiger partial charge in [-0.1, -0.05) is 45.7 Å². The van der Waals surface area contributed by atoms with Gasteiger partial charge in [0.15, 0.2) is 5.75 Å². The number of imide groups is 1. The minimum Gasteiger partial charge on any atom is -0.378 e. The summed E-state index contributed by atoms with van der Waals surface area (Å²) in [5, 5.41) is 0.0537. The van der Waals surface area contributed by atoms with Crippen LogP contribution >= 0.6 is 55.2 Å². The zero-order valence-electron chi connectivity index (χ0n) is 17.1. The fourth-order valence-corrected chi connectivity index (χ4v) is 5.76. The quantitative estimate of drug-likeness (QED) is 0.216. The highest BCUT2D eigenvalue weighted by molar-refractivity contribution is 9.10. The molecule has 4 rings (SSSR count). The fourth-order valence-electron chi connectivity index (χ4n) is 3.00. The molecule has 0 unspecified atom stereocenters. The number of rotatable bonds is 6. The highest BCUT2D eigenvalue weighted by Crippen LogP contribution is 2.35. The molecule has 0 N–H and O–H groups in total. The van der Waals surface area contributed by atoms with Crippen molar-refractivity contribution < 1.29 is 22.2 Å². The van der Waals surface area contributed by atoms with Crippen LogP contribution in [0.2, 0.25) is 5.02 Å². The van der Waals surface area contributed by atoms with Crippen molar-refractivity contribution in [1.29, 1.82) is 0 Å². The average molecular weight is 644 g/mol. The summed E-state index contributed by atoms with van der Waals surface area (Å²) in [6, 6.07) is 17.7. The summed E-state index contributed by atoms with van der Waals surface area (Å²) < 4.78 is 31.6. The van der Waals surface area contributed by atoms with Crippen LogP contribution in [0.1, 0.15) is 11.1 Å². The van der Waals surface area contributed by atoms with Gasteiger partial charge >= 0.3 is 10.1 Å². The van der Waals surface area contributed by atoms with Crippen LogP contribution < -0.4 is 4.18 Å². The van der Waals surface area contributed by atoms with Gasteiger partial charge in [0.25, 0.3) is 11.1 Å². The maximum atomic E-state index is 12.8. The standard InChI is InChI=1S/C23H14Br2ClNO5S2/c24-16-4-1-14(2-5-16)13-27-22(28)21(33-23(27)29)12-15-3-10-20(19(25)11-15)32-34(30,31)18-8-6-17(26)7-9-18/h1-12H,13H2/b21-12-. The van der Waals surface area contributed by atoms with Crippen LogP contribution in [0.4, 0.5) is 4.79 Å². The molecule has 1 saturated heterocycles. The van der Waals surface area contributed by atoms with Crippen molar-refractivity contribution >= 4 is 82.6 Å². The first-order valence-corrected chi connectivity index (χ1v) is 13.8. The first-order chi connectivity index (χ1) is 16.1. The molecule has 0 aliphatic carbocycles. The zero-order chi connectivity index (χ0) is 24.5. The monoisotopic (exact) mass is 641 g/mol. The number of carbonyl (C=O) groups is 2. The van der Waals surface area contributed by atoms with Gasteiger partial charge in [-0.2, -0.15) is 8.42 Å². The number of halogens is 3. The van der Waals surface area contributed by atoms with Gasteiger partial charge < -0.3 is 4.18 Å². The molecule has 0 aromatic heterocycles. The minimum absolute atomic E-state index is 0.0349. The van der Waals surface area contributed by atoms with Gasteiger partial charge in [-0.3, -0.25) is 14.5 Å². The maximum absolute atomic E-state index is 12.8. The van der Waals surface area contributed by atoms with E-state index >= 15 is 0 Å². The van der Waals surface area contributed by atoms with Gasteiger partial charge in [0.05, 0.1) is 15.9 Å². The molecule has 1 aliphatic rings. The molecule has 3 aromatic rings. The van der Waals surface area contributed by atoms with Crippen molar-refractivity contribution in [3.05, 3.63) is 96.7 Å². The van der Waals surface area contributed by atoms with Crippen molar-refractivity contribution in [2.45, 2.75) is 11.4 Å². The van der Waals surface area contributed by atoms with Crippen LogP contribution in [-0.2, 0) is 21.5 Å². The number of benzene rings is 3. The molecular weight excluding hydrogens is 630 g/mol. The third-order valence-corrected chi connectivity index (χ3v) is 8.24. The van der Waals surface area contributed by atoms with Gasteiger partial charge in [-0.25, -0.2) is 0 Å². The summed E-state index contributed by atoms with van der Waals surface area (Å²) in [5.41, 5.74) is 1.43. The topological polar surface area (TPSA) is 80.8 Å². The van der Waals surface area contributed by atoms with Crippen molar-refractivity contribution in [3.8, 4) is 5.75 Å². The van der Waals surface area contributed by atoms with Crippen molar-refractivity contribution in [1.82, 2.24) is 4.90 Å². The molecule has 6 nitrogen and oxygen atoms in total. The van der Waals surface area contributed by atoms with Crippen LogP contribution in [0, 0.1) is 0 Å². The molecule has 34 heavy (non-hydrogen) atoms.